The van der Waals surface area contributed by atoms with Crippen molar-refractivity contribution in [2.24, 2.45) is 0 Å². The van der Waals surface area contributed by atoms with Gasteiger partial charge in [-0.2, -0.15) is 0 Å². The molecular formula is C42H30N2O. The van der Waals surface area contributed by atoms with E-state index in [1.807, 2.05) is 30.3 Å². The second kappa shape index (κ2) is 9.67. The van der Waals surface area contributed by atoms with Crippen LogP contribution in [0, 0.1) is 0 Å². The summed E-state index contributed by atoms with van der Waals surface area (Å²) < 4.78 is 6.46. The number of benzene rings is 7. The molecule has 0 radical (unpaired) electrons. The summed E-state index contributed by atoms with van der Waals surface area (Å²) in [6.45, 7) is 4.66. The van der Waals surface area contributed by atoms with Crippen LogP contribution in [0.3, 0.4) is 0 Å². The number of nitrogens with zero attached hydrogens (tertiary/aromatic N) is 2. The van der Waals surface area contributed by atoms with Crippen molar-refractivity contribution >= 4 is 49.7 Å². The zero-order chi connectivity index (χ0) is 30.1. The first-order valence-corrected chi connectivity index (χ1v) is 15.5. The molecule has 0 saturated carbocycles. The van der Waals surface area contributed by atoms with Crippen LogP contribution in [0.2, 0.25) is 0 Å². The third-order valence-electron chi connectivity index (χ3n) is 9.46. The highest BCUT2D eigenvalue weighted by molar-refractivity contribution is 6.18. The van der Waals surface area contributed by atoms with Crippen molar-refractivity contribution in [3.05, 3.63) is 157 Å². The van der Waals surface area contributed by atoms with Crippen LogP contribution in [0.1, 0.15) is 25.0 Å². The van der Waals surface area contributed by atoms with E-state index in [-0.39, 0.29) is 5.41 Å². The van der Waals surface area contributed by atoms with E-state index in [0.717, 1.165) is 55.3 Å². The minimum Gasteiger partial charge on any atom is -0.435 e. The van der Waals surface area contributed by atoms with Gasteiger partial charge in [0.15, 0.2) is 5.58 Å². The highest BCUT2D eigenvalue weighted by Gasteiger charge is 2.35. The van der Waals surface area contributed by atoms with Gasteiger partial charge in [0.1, 0.15) is 5.52 Å². The molecule has 1 aromatic heterocycles. The van der Waals surface area contributed by atoms with Gasteiger partial charge in [0.25, 0.3) is 0 Å². The molecule has 0 N–H and O–H groups in total. The lowest BCUT2D eigenvalue weighted by Crippen LogP contribution is -2.15. The monoisotopic (exact) mass is 578 g/mol. The molecule has 0 spiro atoms. The molecule has 3 nitrogen and oxygen atoms in total. The van der Waals surface area contributed by atoms with Crippen LogP contribution in [0.15, 0.2) is 150 Å². The summed E-state index contributed by atoms with van der Waals surface area (Å²) in [5, 5.41) is 4.53. The maximum absolute atomic E-state index is 6.46. The molecule has 0 aliphatic heterocycles. The summed E-state index contributed by atoms with van der Waals surface area (Å²) in [6.07, 6.45) is 0. The third-order valence-corrected chi connectivity index (χ3v) is 9.46. The van der Waals surface area contributed by atoms with E-state index in [4.69, 9.17) is 9.40 Å². The molecule has 0 saturated heterocycles. The molecule has 8 aromatic rings. The number of hydrogen-bond acceptors (Lipinski definition) is 3. The highest BCUT2D eigenvalue weighted by Crippen LogP contribution is 2.50. The fraction of sp³-hybridized carbons (Fsp3) is 0.0714. The lowest BCUT2D eigenvalue weighted by molar-refractivity contribution is 0.623. The first-order valence-electron chi connectivity index (χ1n) is 15.5. The quantitative estimate of drug-likeness (QED) is 0.195. The predicted octanol–water partition coefficient (Wildman–Crippen LogP) is 11.6. The van der Waals surface area contributed by atoms with Gasteiger partial charge in [0, 0.05) is 33.4 Å². The Morgan fingerprint density at radius 2 is 1.22 bits per heavy atom. The van der Waals surface area contributed by atoms with Crippen molar-refractivity contribution in [1.82, 2.24) is 4.98 Å². The van der Waals surface area contributed by atoms with Crippen molar-refractivity contribution in [2.45, 2.75) is 19.3 Å². The van der Waals surface area contributed by atoms with Gasteiger partial charge in [-0.05, 0) is 93.0 Å². The van der Waals surface area contributed by atoms with Gasteiger partial charge in [-0.15, -0.1) is 0 Å². The number of para-hydroxylation sites is 1. The zero-order valence-corrected chi connectivity index (χ0v) is 25.2. The molecule has 0 atom stereocenters. The Kier molecular flexibility index (Phi) is 5.54. The zero-order valence-electron chi connectivity index (χ0n) is 25.2. The van der Waals surface area contributed by atoms with Gasteiger partial charge in [-0.1, -0.05) is 105 Å². The van der Waals surface area contributed by atoms with E-state index in [9.17, 15) is 0 Å². The van der Waals surface area contributed by atoms with Gasteiger partial charge in [0.2, 0.25) is 5.89 Å². The summed E-state index contributed by atoms with van der Waals surface area (Å²) in [5.41, 5.74) is 11.4. The van der Waals surface area contributed by atoms with E-state index in [1.54, 1.807) is 0 Å². The van der Waals surface area contributed by atoms with Crippen LogP contribution >= 0.6 is 0 Å². The van der Waals surface area contributed by atoms with E-state index < -0.39 is 0 Å². The number of rotatable bonds is 4. The van der Waals surface area contributed by atoms with Crippen molar-refractivity contribution in [3.8, 4) is 22.6 Å². The molecule has 1 aliphatic rings. The Labute approximate surface area is 262 Å². The van der Waals surface area contributed by atoms with Crippen LogP contribution in [0.5, 0.6) is 0 Å². The SMILES string of the molecule is CC1(C)c2ccccc2-c2cc(N(c3ccccc3)c3ccc4c(ccc5ccc6nc(-c7ccccc7)oc6c54)c3)ccc21. The summed E-state index contributed by atoms with van der Waals surface area (Å²) in [6, 6.07) is 51.9. The molecule has 9 rings (SSSR count). The van der Waals surface area contributed by atoms with Crippen molar-refractivity contribution < 1.29 is 4.42 Å². The number of anilines is 3. The normalized spacial score (nSPS) is 13.3. The van der Waals surface area contributed by atoms with Crippen LogP contribution in [-0.4, -0.2) is 4.98 Å². The Bertz CT molecular complexity index is 2400. The highest BCUT2D eigenvalue weighted by atomic mass is 16.3. The Balaban J connectivity index is 1.23. The number of oxazole rings is 1. The van der Waals surface area contributed by atoms with E-state index in [2.05, 4.69) is 134 Å². The molecule has 3 heteroatoms. The number of fused-ring (bicyclic) bond motifs is 8. The van der Waals surface area contributed by atoms with Gasteiger partial charge >= 0.3 is 0 Å². The topological polar surface area (TPSA) is 29.3 Å². The fourth-order valence-electron chi connectivity index (χ4n) is 7.23. The maximum atomic E-state index is 6.46. The first kappa shape index (κ1) is 25.8. The van der Waals surface area contributed by atoms with E-state index in [0.29, 0.717) is 5.89 Å². The molecule has 45 heavy (non-hydrogen) atoms. The summed E-state index contributed by atoms with van der Waals surface area (Å²) in [7, 11) is 0. The largest absolute Gasteiger partial charge is 0.435 e. The van der Waals surface area contributed by atoms with Crippen LogP contribution in [0.25, 0.3) is 55.2 Å². The molecule has 7 aromatic carbocycles. The third kappa shape index (κ3) is 3.94. The van der Waals surface area contributed by atoms with Gasteiger partial charge < -0.3 is 9.32 Å². The minimum absolute atomic E-state index is 0.0293. The molecule has 214 valence electrons. The number of aromatic nitrogens is 1. The standard InChI is InChI=1S/C42H30N2O/c1-42(2)36-16-10-9-15-34(36)35-26-32(21-23-37(35)42)44(30-13-7-4-8-14-30)31-20-22-33-29(25-31)18-17-27-19-24-38-40(39(27)33)45-41(43-38)28-11-5-3-6-12-28/h3-26H,1-2H3. The van der Waals surface area contributed by atoms with Crippen molar-refractivity contribution in [2.75, 3.05) is 4.90 Å². The molecule has 1 aliphatic carbocycles. The van der Waals surface area contributed by atoms with Crippen LogP contribution in [-0.2, 0) is 5.41 Å². The molecule has 0 amide bonds. The summed E-state index contributed by atoms with van der Waals surface area (Å²) in [4.78, 5) is 7.21. The molecular weight excluding hydrogens is 548 g/mol. The first-order chi connectivity index (χ1) is 22.1. The molecule has 0 bridgehead atoms. The van der Waals surface area contributed by atoms with Crippen molar-refractivity contribution in [1.29, 1.82) is 0 Å². The second-order valence-electron chi connectivity index (χ2n) is 12.4. The molecule has 1 heterocycles. The number of hydrogen-bond donors (Lipinski definition) is 0. The average Bonchev–Trinajstić information content (AvgIpc) is 3.62. The maximum Gasteiger partial charge on any atom is 0.227 e. The lowest BCUT2D eigenvalue weighted by Gasteiger charge is -2.27. The Morgan fingerprint density at radius 3 is 2.07 bits per heavy atom. The smallest absolute Gasteiger partial charge is 0.227 e. The van der Waals surface area contributed by atoms with E-state index >= 15 is 0 Å². The van der Waals surface area contributed by atoms with E-state index in [1.165, 1.54) is 22.3 Å². The lowest BCUT2D eigenvalue weighted by atomic mass is 9.82. The predicted molar refractivity (Wildman–Crippen MR) is 187 cm³/mol. The second-order valence-corrected chi connectivity index (χ2v) is 12.4. The van der Waals surface area contributed by atoms with Gasteiger partial charge in [0.05, 0.1) is 0 Å². The summed E-state index contributed by atoms with van der Waals surface area (Å²) in [5.74, 6) is 0.642. The van der Waals surface area contributed by atoms with Crippen molar-refractivity contribution in [3.63, 3.8) is 0 Å². The van der Waals surface area contributed by atoms with Gasteiger partial charge in [-0.25, -0.2) is 4.98 Å². The molecule has 0 fully saturated rings. The Morgan fingerprint density at radius 1 is 0.556 bits per heavy atom. The Hall–Kier alpha value is -5.67. The minimum atomic E-state index is -0.0293. The fourth-order valence-corrected chi connectivity index (χ4v) is 7.23. The average molecular weight is 579 g/mol. The van der Waals surface area contributed by atoms with Crippen LogP contribution in [0.4, 0.5) is 17.1 Å². The van der Waals surface area contributed by atoms with Crippen LogP contribution < -0.4 is 4.90 Å². The molecule has 0 unspecified atom stereocenters. The summed E-state index contributed by atoms with van der Waals surface area (Å²) >= 11 is 0. The van der Waals surface area contributed by atoms with Gasteiger partial charge in [-0.3, -0.25) is 0 Å².